The van der Waals surface area contributed by atoms with Gasteiger partial charge in [0.05, 0.1) is 0 Å². The molecule has 0 aromatic heterocycles. The summed E-state index contributed by atoms with van der Waals surface area (Å²) in [6, 6.07) is 0.594. The molecule has 0 N–H and O–H groups in total. The number of hydrogen-bond donors (Lipinski definition) is 0. The molecule has 0 bridgehead atoms. The molecule has 0 fully saturated rings. The van der Waals surface area contributed by atoms with E-state index in [0.717, 1.165) is 12.8 Å². The Labute approximate surface area is 101 Å². The van der Waals surface area contributed by atoms with E-state index in [1.54, 1.807) is 0 Å². The molecule has 1 nitrogen and oxygen atoms in total. The van der Waals surface area contributed by atoms with Gasteiger partial charge in [0.25, 0.3) is 0 Å². The molecule has 2 unspecified atom stereocenters. The van der Waals surface area contributed by atoms with Crippen LogP contribution in [-0.2, 0) is 0 Å². The van der Waals surface area contributed by atoms with Crippen molar-refractivity contribution in [1.29, 1.82) is 0 Å². The van der Waals surface area contributed by atoms with E-state index < -0.39 is 0 Å². The van der Waals surface area contributed by atoms with Crippen LogP contribution < -0.4 is 0 Å². The molecule has 0 heterocycles. The van der Waals surface area contributed by atoms with Crippen molar-refractivity contribution < 1.29 is 0 Å². The second-order valence-electron chi connectivity index (χ2n) is 4.82. The predicted octanol–water partition coefficient (Wildman–Crippen LogP) is 3.80. The number of nitrogens with zero attached hydrogens (tertiary/aromatic N) is 1. The SMILES string of the molecule is C/C=C(\C)C1C=CC(CC)=CCC1N(C)C. The molecular weight excluding hydrogens is 194 g/mol. The first-order valence-corrected chi connectivity index (χ1v) is 6.26. The summed E-state index contributed by atoms with van der Waals surface area (Å²) in [5, 5.41) is 0. The van der Waals surface area contributed by atoms with Gasteiger partial charge >= 0.3 is 0 Å². The molecule has 0 spiro atoms. The van der Waals surface area contributed by atoms with Crippen LogP contribution >= 0.6 is 0 Å². The Morgan fingerprint density at radius 2 is 2.19 bits per heavy atom. The Bertz CT molecular complexity index is 307. The Kier molecular flexibility index (Phi) is 5.01. The van der Waals surface area contributed by atoms with E-state index >= 15 is 0 Å². The van der Waals surface area contributed by atoms with Crippen LogP contribution in [0.15, 0.2) is 35.5 Å². The largest absolute Gasteiger partial charge is 0.305 e. The zero-order chi connectivity index (χ0) is 12.1. The Hall–Kier alpha value is -0.820. The van der Waals surface area contributed by atoms with Crippen LogP contribution in [0.3, 0.4) is 0 Å². The lowest BCUT2D eigenvalue weighted by molar-refractivity contribution is 0.257. The molecule has 1 aliphatic carbocycles. The average Bonchev–Trinajstić information content (AvgIpc) is 2.49. The molecular formula is C15H25N. The second kappa shape index (κ2) is 6.05. The summed E-state index contributed by atoms with van der Waals surface area (Å²) in [5.74, 6) is 0.556. The third-order valence-electron chi connectivity index (χ3n) is 3.61. The molecule has 0 aromatic rings. The predicted molar refractivity (Wildman–Crippen MR) is 72.5 cm³/mol. The van der Waals surface area contributed by atoms with Crippen molar-refractivity contribution in [3.63, 3.8) is 0 Å². The van der Waals surface area contributed by atoms with Crippen LogP contribution in [0.25, 0.3) is 0 Å². The van der Waals surface area contributed by atoms with E-state index in [2.05, 4.69) is 64.1 Å². The van der Waals surface area contributed by atoms with Gasteiger partial charge in [-0.05, 0) is 40.8 Å². The van der Waals surface area contributed by atoms with Gasteiger partial charge in [-0.25, -0.2) is 0 Å². The van der Waals surface area contributed by atoms with E-state index in [1.807, 2.05) is 0 Å². The van der Waals surface area contributed by atoms with E-state index in [4.69, 9.17) is 0 Å². The van der Waals surface area contributed by atoms with Crippen molar-refractivity contribution in [3.8, 4) is 0 Å². The monoisotopic (exact) mass is 219 g/mol. The highest BCUT2D eigenvalue weighted by Gasteiger charge is 2.22. The van der Waals surface area contributed by atoms with Crippen LogP contribution in [0.2, 0.25) is 0 Å². The third-order valence-corrected chi connectivity index (χ3v) is 3.61. The Morgan fingerprint density at radius 3 is 2.69 bits per heavy atom. The fourth-order valence-corrected chi connectivity index (χ4v) is 2.28. The van der Waals surface area contributed by atoms with Crippen LogP contribution in [0, 0.1) is 5.92 Å². The van der Waals surface area contributed by atoms with Gasteiger partial charge in [0.1, 0.15) is 0 Å². The maximum atomic E-state index is 2.39. The van der Waals surface area contributed by atoms with Gasteiger partial charge in [-0.1, -0.05) is 42.4 Å². The van der Waals surface area contributed by atoms with Crippen LogP contribution in [0.1, 0.15) is 33.6 Å². The summed E-state index contributed by atoms with van der Waals surface area (Å²) in [5.41, 5.74) is 2.94. The molecule has 0 saturated heterocycles. The van der Waals surface area contributed by atoms with E-state index in [0.29, 0.717) is 12.0 Å². The summed E-state index contributed by atoms with van der Waals surface area (Å²) < 4.78 is 0. The maximum absolute atomic E-state index is 2.39. The maximum Gasteiger partial charge on any atom is 0.0224 e. The lowest BCUT2D eigenvalue weighted by atomic mass is 9.90. The normalized spacial score (nSPS) is 26.9. The lowest BCUT2D eigenvalue weighted by Crippen LogP contribution is -2.34. The minimum atomic E-state index is 0.556. The molecule has 0 amide bonds. The summed E-state index contributed by atoms with van der Waals surface area (Å²) in [6.45, 7) is 6.60. The summed E-state index contributed by atoms with van der Waals surface area (Å²) in [7, 11) is 4.36. The van der Waals surface area contributed by atoms with Crippen molar-refractivity contribution in [3.05, 3.63) is 35.5 Å². The zero-order valence-electron chi connectivity index (χ0n) is 11.3. The van der Waals surface area contributed by atoms with Crippen molar-refractivity contribution >= 4 is 0 Å². The first kappa shape index (κ1) is 13.2. The van der Waals surface area contributed by atoms with Crippen molar-refractivity contribution in [2.24, 2.45) is 5.92 Å². The van der Waals surface area contributed by atoms with Gasteiger partial charge in [0.15, 0.2) is 0 Å². The Balaban J connectivity index is 2.96. The minimum absolute atomic E-state index is 0.556. The number of rotatable bonds is 3. The first-order chi connectivity index (χ1) is 7.60. The summed E-state index contributed by atoms with van der Waals surface area (Å²) in [6.07, 6.45) is 11.6. The van der Waals surface area contributed by atoms with Crippen molar-refractivity contribution in [2.75, 3.05) is 14.1 Å². The van der Waals surface area contributed by atoms with E-state index in [-0.39, 0.29) is 0 Å². The topological polar surface area (TPSA) is 3.24 Å². The van der Waals surface area contributed by atoms with Crippen molar-refractivity contribution in [2.45, 2.75) is 39.7 Å². The molecule has 0 saturated carbocycles. The van der Waals surface area contributed by atoms with Gasteiger partial charge < -0.3 is 4.90 Å². The standard InChI is InChI=1S/C15H25N/c1-6-12(3)14-10-8-13(7-2)9-11-15(14)16(4)5/h6,8-10,14-15H,7,11H2,1-5H3/b12-6+. The molecule has 1 rings (SSSR count). The van der Waals surface area contributed by atoms with Crippen LogP contribution in [-0.4, -0.2) is 25.0 Å². The second-order valence-corrected chi connectivity index (χ2v) is 4.82. The van der Waals surface area contributed by atoms with E-state index in [1.165, 1.54) is 11.1 Å². The Morgan fingerprint density at radius 1 is 1.50 bits per heavy atom. The zero-order valence-corrected chi connectivity index (χ0v) is 11.3. The molecule has 16 heavy (non-hydrogen) atoms. The van der Waals surface area contributed by atoms with Crippen LogP contribution in [0.4, 0.5) is 0 Å². The average molecular weight is 219 g/mol. The molecule has 90 valence electrons. The van der Waals surface area contributed by atoms with Crippen LogP contribution in [0.5, 0.6) is 0 Å². The van der Waals surface area contributed by atoms with Gasteiger partial charge in [-0.2, -0.15) is 0 Å². The highest BCUT2D eigenvalue weighted by Crippen LogP contribution is 2.27. The fourth-order valence-electron chi connectivity index (χ4n) is 2.28. The number of hydrogen-bond acceptors (Lipinski definition) is 1. The minimum Gasteiger partial charge on any atom is -0.305 e. The van der Waals surface area contributed by atoms with Gasteiger partial charge in [0, 0.05) is 12.0 Å². The molecule has 1 heteroatoms. The van der Waals surface area contributed by atoms with Crippen molar-refractivity contribution in [1.82, 2.24) is 4.90 Å². The van der Waals surface area contributed by atoms with E-state index in [9.17, 15) is 0 Å². The quantitative estimate of drug-likeness (QED) is 0.653. The fraction of sp³-hybridized carbons (Fsp3) is 0.600. The van der Waals surface area contributed by atoms with Gasteiger partial charge in [-0.3, -0.25) is 0 Å². The van der Waals surface area contributed by atoms with Gasteiger partial charge in [-0.15, -0.1) is 0 Å². The molecule has 0 radical (unpaired) electrons. The molecule has 0 aromatic carbocycles. The molecule has 2 atom stereocenters. The van der Waals surface area contributed by atoms with Gasteiger partial charge in [0.2, 0.25) is 0 Å². The lowest BCUT2D eigenvalue weighted by Gasteiger charge is -2.30. The third kappa shape index (κ3) is 3.08. The highest BCUT2D eigenvalue weighted by atomic mass is 15.1. The summed E-state index contributed by atoms with van der Waals surface area (Å²) in [4.78, 5) is 2.34. The number of allylic oxidation sites excluding steroid dienone is 3. The molecule has 0 aliphatic heterocycles. The highest BCUT2D eigenvalue weighted by molar-refractivity contribution is 5.27. The first-order valence-electron chi connectivity index (χ1n) is 6.26. The summed E-state index contributed by atoms with van der Waals surface area (Å²) >= 11 is 0. The smallest absolute Gasteiger partial charge is 0.0224 e. The molecule has 1 aliphatic rings.